The van der Waals surface area contributed by atoms with Gasteiger partial charge < -0.3 is 19.8 Å². The summed E-state index contributed by atoms with van der Waals surface area (Å²) in [7, 11) is 0. The summed E-state index contributed by atoms with van der Waals surface area (Å²) in [6.45, 7) is 3.73. The molecular weight excluding hydrogens is 470 g/mol. The predicted octanol–water partition coefficient (Wildman–Crippen LogP) is 6.35. The van der Waals surface area contributed by atoms with Crippen LogP contribution in [0.3, 0.4) is 0 Å². The highest BCUT2D eigenvalue weighted by atomic mass is 32.2. The molecule has 2 N–H and O–H groups in total. The molecule has 1 amide bonds. The fraction of sp³-hybridized carbons (Fsp3) is 0.500. The fourth-order valence-corrected chi connectivity index (χ4v) is 6.54. The number of aromatic nitrogens is 3. The molecule has 0 radical (unpaired) electrons. The summed E-state index contributed by atoms with van der Waals surface area (Å²) >= 11 is 3.72. The van der Waals surface area contributed by atoms with Crippen molar-refractivity contribution in [2.24, 2.45) is 0 Å². The lowest BCUT2D eigenvalue weighted by atomic mass is 9.86. The second kappa shape index (κ2) is 10.4. The van der Waals surface area contributed by atoms with Gasteiger partial charge in [0.1, 0.15) is 0 Å². The van der Waals surface area contributed by atoms with E-state index in [0.29, 0.717) is 17.2 Å². The van der Waals surface area contributed by atoms with Crippen LogP contribution in [0.25, 0.3) is 10.4 Å². The molecule has 2 heterocycles. The smallest absolute Gasteiger partial charge is 0.407 e. The average Bonchev–Trinajstić information content (AvgIpc) is 3.25. The van der Waals surface area contributed by atoms with Crippen LogP contribution >= 0.6 is 23.1 Å². The molecule has 10 heteroatoms. The van der Waals surface area contributed by atoms with Crippen LogP contribution in [0, 0.1) is 0 Å². The van der Waals surface area contributed by atoms with Gasteiger partial charge >= 0.3 is 12.1 Å². The minimum absolute atomic E-state index is 0.100. The fourth-order valence-electron chi connectivity index (χ4n) is 4.12. The van der Waals surface area contributed by atoms with Crippen LogP contribution < -0.4 is 10.6 Å². The number of amides is 1. The second-order valence-corrected chi connectivity index (χ2v) is 11.5. The van der Waals surface area contributed by atoms with Crippen molar-refractivity contribution in [1.29, 1.82) is 0 Å². The number of alkyl carbamates (subject to hydrolysis) is 1. The average molecular weight is 500 g/mol. The molecule has 2 saturated carbocycles. The number of nitrogens with zero attached hydrogens (tertiary/aromatic N) is 3. The third-order valence-electron chi connectivity index (χ3n) is 5.94. The van der Waals surface area contributed by atoms with Gasteiger partial charge in [-0.05, 0) is 64.5 Å². The van der Waals surface area contributed by atoms with Crippen LogP contribution in [0.15, 0.2) is 40.1 Å². The van der Waals surface area contributed by atoms with E-state index in [1.807, 2.05) is 37.9 Å². The number of carbonyl (C=O) groups is 1. The van der Waals surface area contributed by atoms with Crippen molar-refractivity contribution >= 4 is 40.9 Å². The first-order chi connectivity index (χ1) is 16.5. The summed E-state index contributed by atoms with van der Waals surface area (Å²) in [5, 5.41) is 15.7. The van der Waals surface area contributed by atoms with Gasteiger partial charge in [0.05, 0.1) is 16.0 Å². The Labute approximate surface area is 207 Å². The number of benzene rings is 1. The maximum absolute atomic E-state index is 11.9. The molecule has 5 rings (SSSR count). The normalized spacial score (nSPS) is 20.3. The first kappa shape index (κ1) is 23.2. The van der Waals surface area contributed by atoms with Crippen LogP contribution in [0.4, 0.5) is 16.5 Å². The van der Waals surface area contributed by atoms with Gasteiger partial charge in [0.25, 0.3) is 0 Å². The highest BCUT2D eigenvalue weighted by molar-refractivity contribution is 8.00. The van der Waals surface area contributed by atoms with Crippen LogP contribution in [0.2, 0.25) is 0 Å². The van der Waals surface area contributed by atoms with Crippen LogP contribution in [-0.4, -0.2) is 38.7 Å². The molecule has 2 aliphatic carbocycles. The Morgan fingerprint density at radius 2 is 2.03 bits per heavy atom. The van der Waals surface area contributed by atoms with Gasteiger partial charge in [-0.25, -0.2) is 9.78 Å². The van der Waals surface area contributed by atoms with E-state index in [1.165, 1.54) is 39.6 Å². The molecule has 0 aliphatic heterocycles. The summed E-state index contributed by atoms with van der Waals surface area (Å²) in [6, 6.07) is 6.93. The van der Waals surface area contributed by atoms with Crippen molar-refractivity contribution in [3.8, 4) is 10.4 Å². The first-order valence-electron chi connectivity index (χ1n) is 11.8. The highest BCUT2D eigenvalue weighted by Gasteiger charge is 2.27. The van der Waals surface area contributed by atoms with Crippen molar-refractivity contribution in [2.75, 3.05) is 5.32 Å². The van der Waals surface area contributed by atoms with Gasteiger partial charge in [-0.1, -0.05) is 11.2 Å². The lowest BCUT2D eigenvalue weighted by Crippen LogP contribution is -2.38. The number of nitrogens with one attached hydrogen (secondary N) is 2. The maximum Gasteiger partial charge on any atom is 0.407 e. The quantitative estimate of drug-likeness (QED) is 0.369. The minimum atomic E-state index is -0.312. The number of carbonyl (C=O) groups excluding carboxylic acids is 1. The van der Waals surface area contributed by atoms with E-state index in [2.05, 4.69) is 33.0 Å². The third kappa shape index (κ3) is 5.90. The summed E-state index contributed by atoms with van der Waals surface area (Å²) in [4.78, 5) is 19.2. The van der Waals surface area contributed by atoms with Crippen LogP contribution in [0.1, 0.15) is 63.3 Å². The Kier molecular flexibility index (Phi) is 7.05. The number of thiazole rings is 1. The van der Waals surface area contributed by atoms with Crippen molar-refractivity contribution in [3.05, 3.63) is 35.8 Å². The summed E-state index contributed by atoms with van der Waals surface area (Å²) in [5.41, 5.74) is 2.16. The number of thioether (sulfide) groups is 1. The van der Waals surface area contributed by atoms with Crippen molar-refractivity contribution in [2.45, 2.75) is 80.6 Å². The zero-order valence-corrected chi connectivity index (χ0v) is 21.0. The molecule has 0 atom stereocenters. The molecule has 3 aromatic rings. The summed E-state index contributed by atoms with van der Waals surface area (Å²) < 4.78 is 10.4. The molecule has 1 aromatic carbocycles. The monoisotopic (exact) mass is 499 g/mol. The number of anilines is 2. The molecule has 8 nitrogen and oxygen atoms in total. The largest absolute Gasteiger partial charge is 0.447 e. The molecule has 0 saturated heterocycles. The van der Waals surface area contributed by atoms with Crippen LogP contribution in [0.5, 0.6) is 0 Å². The van der Waals surface area contributed by atoms with Gasteiger partial charge in [0.2, 0.25) is 6.39 Å². The first-order valence-corrected chi connectivity index (χ1v) is 13.5. The lowest BCUT2D eigenvalue weighted by Gasteiger charge is -2.28. The van der Waals surface area contributed by atoms with Gasteiger partial charge in [-0.3, -0.25) is 0 Å². The Morgan fingerprint density at radius 1 is 1.21 bits per heavy atom. The van der Waals surface area contributed by atoms with Gasteiger partial charge in [-0.15, -0.1) is 28.2 Å². The molecule has 0 unspecified atom stereocenters. The Bertz CT molecular complexity index is 1110. The molecule has 0 spiro atoms. The highest BCUT2D eigenvalue weighted by Crippen LogP contribution is 2.46. The summed E-state index contributed by atoms with van der Waals surface area (Å²) in [5.74, 6) is 0.441. The van der Waals surface area contributed by atoms with Gasteiger partial charge in [-0.2, -0.15) is 0 Å². The number of hydrogen-bond acceptors (Lipinski definition) is 9. The van der Waals surface area contributed by atoms with Crippen molar-refractivity contribution in [3.63, 3.8) is 0 Å². The standard InChI is InChI=1S/C24H29N5O3S2/c1-14(2)32-24(30)28-16-5-3-15(4-6-16)22-25-12-21(34-22)19-10-7-17(27-23-29-26-13-31-23)11-20(19)33-18-8-9-18/h7,10-16,18H,3-6,8-9H2,1-2H3,(H,27,29)(H,28,30)/t15-,16-. The molecular formula is C24H29N5O3S2. The predicted molar refractivity (Wildman–Crippen MR) is 134 cm³/mol. The maximum atomic E-state index is 11.9. The Hall–Kier alpha value is -2.59. The van der Waals surface area contributed by atoms with Crippen molar-refractivity contribution in [1.82, 2.24) is 20.5 Å². The van der Waals surface area contributed by atoms with E-state index < -0.39 is 0 Å². The molecule has 180 valence electrons. The van der Waals surface area contributed by atoms with E-state index >= 15 is 0 Å². The Morgan fingerprint density at radius 3 is 2.74 bits per heavy atom. The summed E-state index contributed by atoms with van der Waals surface area (Å²) in [6.07, 6.45) is 9.40. The number of rotatable bonds is 8. The van der Waals surface area contributed by atoms with Crippen molar-refractivity contribution < 1.29 is 13.9 Å². The molecule has 2 aliphatic rings. The topological polar surface area (TPSA) is 102 Å². The zero-order valence-electron chi connectivity index (χ0n) is 19.3. The van der Waals surface area contributed by atoms with Crippen LogP contribution in [-0.2, 0) is 4.74 Å². The van der Waals surface area contributed by atoms with E-state index in [0.717, 1.165) is 31.4 Å². The number of hydrogen-bond donors (Lipinski definition) is 2. The van der Waals surface area contributed by atoms with E-state index in [9.17, 15) is 4.79 Å². The molecule has 2 fully saturated rings. The van der Waals surface area contributed by atoms with E-state index in [4.69, 9.17) is 14.1 Å². The SMILES string of the molecule is CC(C)OC(=O)N[C@H]1CC[C@H](c2ncc(-c3ccc(Nc4nnco4)cc3SC3CC3)s2)CC1. The second-order valence-electron chi connectivity index (χ2n) is 9.11. The minimum Gasteiger partial charge on any atom is -0.447 e. The van der Waals surface area contributed by atoms with Gasteiger partial charge in [0.15, 0.2) is 0 Å². The van der Waals surface area contributed by atoms with E-state index in [-0.39, 0.29) is 18.2 Å². The van der Waals surface area contributed by atoms with E-state index in [1.54, 1.807) is 11.3 Å². The Balaban J connectivity index is 1.25. The molecule has 34 heavy (non-hydrogen) atoms. The molecule has 0 bridgehead atoms. The molecule has 2 aromatic heterocycles. The lowest BCUT2D eigenvalue weighted by molar-refractivity contribution is 0.109. The third-order valence-corrected chi connectivity index (χ3v) is 8.53. The number of ether oxygens (including phenoxy) is 1. The van der Waals surface area contributed by atoms with Gasteiger partial charge in [0, 0.05) is 39.6 Å². The zero-order chi connectivity index (χ0) is 23.5.